The van der Waals surface area contributed by atoms with Gasteiger partial charge < -0.3 is 15.2 Å². The van der Waals surface area contributed by atoms with Crippen LogP contribution in [0.2, 0.25) is 0 Å². The lowest BCUT2D eigenvalue weighted by atomic mass is 10.3. The second kappa shape index (κ2) is 7.02. The summed E-state index contributed by atoms with van der Waals surface area (Å²) in [5, 5.41) is 15.8. The second-order valence-electron chi connectivity index (χ2n) is 4.14. The van der Waals surface area contributed by atoms with Gasteiger partial charge in [0, 0.05) is 17.5 Å². The number of halogens is 1. The van der Waals surface area contributed by atoms with E-state index in [1.54, 1.807) is 11.4 Å². The number of hydrogen-bond acceptors (Lipinski definition) is 4. The number of hydrogen-bond donors (Lipinski definition) is 2. The first-order chi connectivity index (χ1) is 9.65. The molecule has 1 unspecified atom stereocenters. The number of benzene rings is 1. The molecular weight excluding hydrogens is 281 g/mol. The topological polar surface area (TPSA) is 58.6 Å². The fraction of sp³-hybridized carbons (Fsp3) is 0.214. The average Bonchev–Trinajstić information content (AvgIpc) is 2.98. The quantitative estimate of drug-likeness (QED) is 0.857. The molecule has 0 aliphatic rings. The zero-order chi connectivity index (χ0) is 14.4. The molecule has 0 aliphatic heterocycles. The number of thiophene rings is 1. The summed E-state index contributed by atoms with van der Waals surface area (Å²) in [5.74, 6) is -0.109. The van der Waals surface area contributed by atoms with Gasteiger partial charge >= 0.3 is 0 Å². The van der Waals surface area contributed by atoms with E-state index in [0.717, 1.165) is 0 Å². The van der Waals surface area contributed by atoms with Gasteiger partial charge in [0.2, 0.25) is 0 Å². The Bertz CT molecular complexity index is 542. The molecule has 1 atom stereocenters. The van der Waals surface area contributed by atoms with E-state index in [9.17, 15) is 14.3 Å². The molecule has 1 aromatic heterocycles. The van der Waals surface area contributed by atoms with Crippen molar-refractivity contribution in [2.75, 3.05) is 13.2 Å². The molecule has 6 heteroatoms. The van der Waals surface area contributed by atoms with E-state index in [1.165, 1.54) is 35.6 Å². The molecule has 2 aromatic rings. The van der Waals surface area contributed by atoms with Crippen LogP contribution in [0.4, 0.5) is 4.39 Å². The Labute approximate surface area is 119 Å². The molecular formula is C14H14FNO3S. The molecule has 0 radical (unpaired) electrons. The lowest BCUT2D eigenvalue weighted by molar-refractivity contribution is 0.0844. The van der Waals surface area contributed by atoms with E-state index in [0.29, 0.717) is 11.3 Å². The van der Waals surface area contributed by atoms with Gasteiger partial charge in [-0.3, -0.25) is 4.79 Å². The molecule has 1 amide bonds. The Morgan fingerprint density at radius 2 is 2.10 bits per heavy atom. The van der Waals surface area contributed by atoms with E-state index in [2.05, 4.69) is 5.32 Å². The third kappa shape index (κ3) is 4.32. The zero-order valence-electron chi connectivity index (χ0n) is 10.6. The van der Waals surface area contributed by atoms with Crippen LogP contribution >= 0.6 is 11.3 Å². The molecule has 0 spiro atoms. The molecule has 0 saturated carbocycles. The standard InChI is InChI=1S/C14H14FNO3S/c15-11-1-3-13(4-2-11)19-8-12(17)7-16-14(18)10-5-6-20-9-10/h1-6,9,12,17H,7-8H2,(H,16,18). The maximum Gasteiger partial charge on any atom is 0.252 e. The molecule has 106 valence electrons. The van der Waals surface area contributed by atoms with Gasteiger partial charge in [0.15, 0.2) is 0 Å². The minimum atomic E-state index is -0.831. The van der Waals surface area contributed by atoms with Crippen molar-refractivity contribution in [1.82, 2.24) is 5.32 Å². The van der Waals surface area contributed by atoms with Gasteiger partial charge in [-0.15, -0.1) is 0 Å². The number of ether oxygens (including phenoxy) is 1. The molecule has 0 fully saturated rings. The molecule has 1 aromatic carbocycles. The first-order valence-electron chi connectivity index (χ1n) is 6.02. The number of carbonyl (C=O) groups excluding carboxylic acids is 1. The Kier molecular flexibility index (Phi) is 5.09. The SMILES string of the molecule is O=C(NCC(O)COc1ccc(F)cc1)c1ccsc1. The monoisotopic (exact) mass is 295 g/mol. The Balaban J connectivity index is 1.71. The highest BCUT2D eigenvalue weighted by molar-refractivity contribution is 7.08. The first kappa shape index (κ1) is 14.5. The maximum atomic E-state index is 12.7. The van der Waals surface area contributed by atoms with Crippen molar-refractivity contribution in [2.24, 2.45) is 0 Å². The lowest BCUT2D eigenvalue weighted by Crippen LogP contribution is -2.35. The number of amides is 1. The predicted molar refractivity (Wildman–Crippen MR) is 74.6 cm³/mol. The van der Waals surface area contributed by atoms with E-state index in [-0.39, 0.29) is 24.9 Å². The highest BCUT2D eigenvalue weighted by Gasteiger charge is 2.10. The van der Waals surface area contributed by atoms with Gasteiger partial charge in [0.05, 0.1) is 0 Å². The van der Waals surface area contributed by atoms with Crippen LogP contribution < -0.4 is 10.1 Å². The highest BCUT2D eigenvalue weighted by atomic mass is 32.1. The smallest absolute Gasteiger partial charge is 0.252 e. The number of carbonyl (C=O) groups is 1. The van der Waals surface area contributed by atoms with Crippen molar-refractivity contribution in [3.05, 3.63) is 52.5 Å². The summed E-state index contributed by atoms with van der Waals surface area (Å²) in [6, 6.07) is 7.22. The van der Waals surface area contributed by atoms with Crippen LogP contribution in [0.5, 0.6) is 5.75 Å². The van der Waals surface area contributed by atoms with Crippen LogP contribution in [0.25, 0.3) is 0 Å². The zero-order valence-corrected chi connectivity index (χ0v) is 11.4. The van der Waals surface area contributed by atoms with E-state index >= 15 is 0 Å². The fourth-order valence-corrected chi connectivity index (χ4v) is 2.12. The van der Waals surface area contributed by atoms with Crippen molar-refractivity contribution >= 4 is 17.2 Å². The van der Waals surface area contributed by atoms with Crippen molar-refractivity contribution < 1.29 is 19.0 Å². The van der Waals surface area contributed by atoms with Crippen molar-refractivity contribution in [3.8, 4) is 5.75 Å². The third-order valence-corrected chi connectivity index (χ3v) is 3.22. The van der Waals surface area contributed by atoms with Gasteiger partial charge in [-0.05, 0) is 35.7 Å². The second-order valence-corrected chi connectivity index (χ2v) is 4.92. The van der Waals surface area contributed by atoms with Crippen molar-refractivity contribution in [1.29, 1.82) is 0 Å². The van der Waals surface area contributed by atoms with Gasteiger partial charge in [0.25, 0.3) is 5.91 Å². The highest BCUT2D eigenvalue weighted by Crippen LogP contribution is 2.11. The van der Waals surface area contributed by atoms with Crippen LogP contribution in [0.15, 0.2) is 41.1 Å². The van der Waals surface area contributed by atoms with Crippen LogP contribution in [0.3, 0.4) is 0 Å². The Hall–Kier alpha value is -1.92. The van der Waals surface area contributed by atoms with Gasteiger partial charge in [-0.2, -0.15) is 11.3 Å². The Morgan fingerprint density at radius 3 is 2.75 bits per heavy atom. The summed E-state index contributed by atoms with van der Waals surface area (Å²) in [6.07, 6.45) is -0.831. The molecule has 2 rings (SSSR count). The maximum absolute atomic E-state index is 12.7. The van der Waals surface area contributed by atoms with Gasteiger partial charge in [0.1, 0.15) is 24.3 Å². The normalized spacial score (nSPS) is 11.9. The molecule has 4 nitrogen and oxygen atoms in total. The van der Waals surface area contributed by atoms with Crippen LogP contribution in [0, 0.1) is 5.82 Å². The molecule has 0 saturated heterocycles. The van der Waals surface area contributed by atoms with Gasteiger partial charge in [-0.1, -0.05) is 0 Å². The third-order valence-electron chi connectivity index (χ3n) is 2.54. The number of rotatable bonds is 6. The van der Waals surface area contributed by atoms with E-state index in [4.69, 9.17) is 4.74 Å². The van der Waals surface area contributed by atoms with Crippen LogP contribution in [-0.4, -0.2) is 30.3 Å². The molecule has 1 heterocycles. The molecule has 0 bridgehead atoms. The number of aliphatic hydroxyl groups excluding tert-OH is 1. The predicted octanol–water partition coefficient (Wildman–Crippen LogP) is 2.06. The van der Waals surface area contributed by atoms with Crippen LogP contribution in [0.1, 0.15) is 10.4 Å². The van der Waals surface area contributed by atoms with E-state index < -0.39 is 6.10 Å². The first-order valence-corrected chi connectivity index (χ1v) is 6.96. The molecule has 2 N–H and O–H groups in total. The summed E-state index contributed by atoms with van der Waals surface area (Å²) in [4.78, 5) is 11.6. The van der Waals surface area contributed by atoms with Crippen molar-refractivity contribution in [2.45, 2.75) is 6.10 Å². The molecule has 0 aliphatic carbocycles. The largest absolute Gasteiger partial charge is 0.491 e. The summed E-state index contributed by atoms with van der Waals surface area (Å²) in [7, 11) is 0. The summed E-state index contributed by atoms with van der Waals surface area (Å²) >= 11 is 1.43. The van der Waals surface area contributed by atoms with E-state index in [1.807, 2.05) is 5.38 Å². The summed E-state index contributed by atoms with van der Waals surface area (Å²) in [5.41, 5.74) is 0.571. The minimum absolute atomic E-state index is 0.0234. The molecule has 20 heavy (non-hydrogen) atoms. The van der Waals surface area contributed by atoms with Crippen molar-refractivity contribution in [3.63, 3.8) is 0 Å². The summed E-state index contributed by atoms with van der Waals surface area (Å²) < 4.78 is 18.0. The van der Waals surface area contributed by atoms with Crippen LogP contribution in [-0.2, 0) is 0 Å². The average molecular weight is 295 g/mol. The number of aliphatic hydroxyl groups is 1. The fourth-order valence-electron chi connectivity index (χ4n) is 1.49. The number of nitrogens with one attached hydrogen (secondary N) is 1. The van der Waals surface area contributed by atoms with Gasteiger partial charge in [-0.25, -0.2) is 4.39 Å². The lowest BCUT2D eigenvalue weighted by Gasteiger charge is -2.13. The Morgan fingerprint density at radius 1 is 1.35 bits per heavy atom. The minimum Gasteiger partial charge on any atom is -0.491 e. The summed E-state index contributed by atoms with van der Waals surface area (Å²) in [6.45, 7) is 0.116.